The van der Waals surface area contributed by atoms with E-state index in [1.165, 1.54) is 12.1 Å². The lowest BCUT2D eigenvalue weighted by Gasteiger charge is -2.19. The van der Waals surface area contributed by atoms with E-state index in [9.17, 15) is 13.2 Å². The molecule has 0 radical (unpaired) electrons. The summed E-state index contributed by atoms with van der Waals surface area (Å²) in [6, 6.07) is 2.92. The van der Waals surface area contributed by atoms with Gasteiger partial charge < -0.3 is 10.6 Å². The molecule has 0 aliphatic carbocycles. The Kier molecular flexibility index (Phi) is 4.87. The highest BCUT2D eigenvalue weighted by Crippen LogP contribution is 2.30. The Bertz CT molecular complexity index is 951. The van der Waals surface area contributed by atoms with Gasteiger partial charge >= 0.3 is 0 Å². The lowest BCUT2D eigenvalue weighted by atomic mass is 9.90. The van der Waals surface area contributed by atoms with Crippen LogP contribution in [-0.2, 0) is 21.9 Å². The molecular formula is C17H23N5O3S. The van der Waals surface area contributed by atoms with E-state index in [1.54, 1.807) is 17.8 Å². The molecule has 8 nitrogen and oxygen atoms in total. The molecule has 1 aliphatic heterocycles. The molecule has 1 amide bonds. The number of aryl methyl sites for hydroxylation is 2. The predicted octanol–water partition coefficient (Wildman–Crippen LogP) is 0.626. The van der Waals surface area contributed by atoms with E-state index in [-0.39, 0.29) is 22.6 Å². The van der Waals surface area contributed by atoms with Crippen molar-refractivity contribution < 1.29 is 13.2 Å². The molecule has 2 heterocycles. The highest BCUT2D eigenvalue weighted by molar-refractivity contribution is 7.89. The number of nitrogens with one attached hydrogen (secondary N) is 2. The molecule has 1 fully saturated rings. The molecule has 2 aromatic rings. The van der Waals surface area contributed by atoms with Gasteiger partial charge in [0.2, 0.25) is 15.9 Å². The molecule has 0 saturated carbocycles. The standard InChI is InChI=1S/C17H23N5O3S/c1-10-4-13(26(18,24)25)5-16(11(10)2)21-17(23)15-8-19-7-14(15)12-6-20-22(3)9-12/h4-6,9,14-15,19H,7-8H2,1-3H3,(H,21,23)(H2,18,24,25)/t14-,15+/m1/s1. The van der Waals surface area contributed by atoms with Crippen molar-refractivity contribution in [3.05, 3.63) is 41.2 Å². The first kappa shape index (κ1) is 18.6. The average Bonchev–Trinajstić information content (AvgIpc) is 3.18. The number of nitrogens with two attached hydrogens (primary N) is 1. The van der Waals surface area contributed by atoms with Crippen molar-refractivity contribution in [3.63, 3.8) is 0 Å². The van der Waals surface area contributed by atoms with Crippen LogP contribution in [0.4, 0.5) is 5.69 Å². The summed E-state index contributed by atoms with van der Waals surface area (Å²) in [5, 5.41) is 15.5. The summed E-state index contributed by atoms with van der Waals surface area (Å²) in [4.78, 5) is 12.9. The smallest absolute Gasteiger partial charge is 0.238 e. The fourth-order valence-corrected chi connectivity index (χ4v) is 3.90. The lowest BCUT2D eigenvalue weighted by molar-refractivity contribution is -0.119. The number of aromatic nitrogens is 2. The zero-order chi connectivity index (χ0) is 19.1. The van der Waals surface area contributed by atoms with E-state index in [0.29, 0.717) is 18.8 Å². The fourth-order valence-electron chi connectivity index (χ4n) is 3.28. The Hall–Kier alpha value is -2.23. The number of hydrogen-bond donors (Lipinski definition) is 3. The second-order valence-corrected chi connectivity index (χ2v) is 8.33. The number of benzene rings is 1. The van der Waals surface area contributed by atoms with Gasteiger partial charge in [0.05, 0.1) is 17.0 Å². The number of nitrogens with zero attached hydrogens (tertiary/aromatic N) is 2. The van der Waals surface area contributed by atoms with Crippen LogP contribution in [0.2, 0.25) is 0 Å². The van der Waals surface area contributed by atoms with Crippen LogP contribution in [0.5, 0.6) is 0 Å². The van der Waals surface area contributed by atoms with E-state index in [1.807, 2.05) is 20.2 Å². The molecule has 1 aromatic heterocycles. The number of sulfonamides is 1. The maximum absolute atomic E-state index is 12.9. The number of carbonyl (C=O) groups excluding carboxylic acids is 1. The Morgan fingerprint density at radius 2 is 2.08 bits per heavy atom. The van der Waals surface area contributed by atoms with Crippen LogP contribution in [0, 0.1) is 19.8 Å². The number of rotatable bonds is 4. The van der Waals surface area contributed by atoms with E-state index < -0.39 is 10.0 Å². The Morgan fingerprint density at radius 1 is 1.35 bits per heavy atom. The average molecular weight is 377 g/mol. The van der Waals surface area contributed by atoms with E-state index in [4.69, 9.17) is 5.14 Å². The van der Waals surface area contributed by atoms with Crippen molar-refractivity contribution >= 4 is 21.6 Å². The summed E-state index contributed by atoms with van der Waals surface area (Å²) < 4.78 is 25.1. The first-order valence-corrected chi connectivity index (χ1v) is 9.85. The molecule has 1 aromatic carbocycles. The van der Waals surface area contributed by atoms with E-state index in [0.717, 1.165) is 16.7 Å². The van der Waals surface area contributed by atoms with E-state index in [2.05, 4.69) is 15.7 Å². The van der Waals surface area contributed by atoms with Crippen molar-refractivity contribution in [1.29, 1.82) is 0 Å². The molecule has 140 valence electrons. The molecule has 3 rings (SSSR count). The van der Waals surface area contributed by atoms with Crippen LogP contribution >= 0.6 is 0 Å². The quantitative estimate of drug-likeness (QED) is 0.722. The second kappa shape index (κ2) is 6.82. The van der Waals surface area contributed by atoms with Gasteiger partial charge in [-0.3, -0.25) is 9.48 Å². The molecule has 1 aliphatic rings. The van der Waals surface area contributed by atoms with Crippen LogP contribution in [0.3, 0.4) is 0 Å². The van der Waals surface area contributed by atoms with Gasteiger partial charge in [0.15, 0.2) is 0 Å². The van der Waals surface area contributed by atoms with Crippen molar-refractivity contribution in [2.75, 3.05) is 18.4 Å². The lowest BCUT2D eigenvalue weighted by Crippen LogP contribution is -2.28. The van der Waals surface area contributed by atoms with Gasteiger partial charge in [-0.05, 0) is 42.7 Å². The minimum atomic E-state index is -3.85. The monoisotopic (exact) mass is 377 g/mol. The molecule has 0 unspecified atom stereocenters. The molecule has 26 heavy (non-hydrogen) atoms. The number of anilines is 1. The largest absolute Gasteiger partial charge is 0.325 e. The first-order chi connectivity index (χ1) is 12.2. The van der Waals surface area contributed by atoms with Gasteiger partial charge in [-0.15, -0.1) is 0 Å². The van der Waals surface area contributed by atoms with Gasteiger partial charge in [-0.25, -0.2) is 13.6 Å². The normalized spacial score (nSPS) is 20.3. The molecular weight excluding hydrogens is 354 g/mol. The van der Waals surface area contributed by atoms with Crippen LogP contribution < -0.4 is 15.8 Å². The van der Waals surface area contributed by atoms with E-state index >= 15 is 0 Å². The Balaban J connectivity index is 1.87. The summed E-state index contributed by atoms with van der Waals surface area (Å²) in [7, 11) is -2.01. The third-order valence-corrected chi connectivity index (χ3v) is 5.82. The summed E-state index contributed by atoms with van der Waals surface area (Å²) in [5.74, 6) is -0.401. The van der Waals surface area contributed by atoms with Crippen molar-refractivity contribution in [3.8, 4) is 0 Å². The SMILES string of the molecule is Cc1cc(S(N)(=O)=O)cc(NC(=O)[C@H]2CNC[C@@H]2c2cnn(C)c2)c1C. The third kappa shape index (κ3) is 3.64. The molecule has 0 spiro atoms. The van der Waals surface area contributed by atoms with Crippen LogP contribution in [0.25, 0.3) is 0 Å². The van der Waals surface area contributed by atoms with Gasteiger partial charge in [0, 0.05) is 37.9 Å². The zero-order valence-electron chi connectivity index (χ0n) is 15.0. The van der Waals surface area contributed by atoms with Crippen LogP contribution in [0.15, 0.2) is 29.4 Å². The molecule has 9 heteroatoms. The number of primary sulfonamides is 1. The highest BCUT2D eigenvalue weighted by atomic mass is 32.2. The highest BCUT2D eigenvalue weighted by Gasteiger charge is 2.35. The predicted molar refractivity (Wildman–Crippen MR) is 98.2 cm³/mol. The maximum Gasteiger partial charge on any atom is 0.238 e. The summed E-state index contributed by atoms with van der Waals surface area (Å²) in [6.07, 6.45) is 3.68. The number of carbonyl (C=O) groups is 1. The number of amides is 1. The van der Waals surface area contributed by atoms with Crippen molar-refractivity contribution in [1.82, 2.24) is 15.1 Å². The summed E-state index contributed by atoms with van der Waals surface area (Å²) >= 11 is 0. The molecule has 4 N–H and O–H groups in total. The number of hydrogen-bond acceptors (Lipinski definition) is 5. The zero-order valence-corrected chi connectivity index (χ0v) is 15.8. The molecule has 1 saturated heterocycles. The fraction of sp³-hybridized carbons (Fsp3) is 0.412. The minimum Gasteiger partial charge on any atom is -0.325 e. The van der Waals surface area contributed by atoms with Crippen LogP contribution in [0.1, 0.15) is 22.6 Å². The Morgan fingerprint density at radius 3 is 2.69 bits per heavy atom. The topological polar surface area (TPSA) is 119 Å². The molecule has 2 atom stereocenters. The Labute approximate surface area is 152 Å². The van der Waals surface area contributed by atoms with Crippen molar-refractivity contribution in [2.45, 2.75) is 24.7 Å². The van der Waals surface area contributed by atoms with Gasteiger partial charge in [0.25, 0.3) is 0 Å². The summed E-state index contributed by atoms with van der Waals surface area (Å²) in [5.41, 5.74) is 3.04. The maximum atomic E-state index is 12.9. The third-order valence-electron chi connectivity index (χ3n) is 4.93. The van der Waals surface area contributed by atoms with Gasteiger partial charge in [-0.1, -0.05) is 0 Å². The second-order valence-electron chi connectivity index (χ2n) is 6.77. The van der Waals surface area contributed by atoms with Crippen molar-refractivity contribution in [2.24, 2.45) is 18.1 Å². The van der Waals surface area contributed by atoms with Gasteiger partial charge in [-0.2, -0.15) is 5.10 Å². The van der Waals surface area contributed by atoms with Crippen LogP contribution in [-0.4, -0.2) is 37.2 Å². The first-order valence-electron chi connectivity index (χ1n) is 8.31. The molecule has 0 bridgehead atoms. The summed E-state index contributed by atoms with van der Waals surface area (Å²) in [6.45, 7) is 4.87. The van der Waals surface area contributed by atoms with Gasteiger partial charge in [0.1, 0.15) is 0 Å². The minimum absolute atomic E-state index is 0.00995.